The van der Waals surface area contributed by atoms with Gasteiger partial charge in [0, 0.05) is 18.1 Å². The Labute approximate surface area is 130 Å². The summed E-state index contributed by atoms with van der Waals surface area (Å²) >= 11 is 0. The van der Waals surface area contributed by atoms with Crippen LogP contribution < -0.4 is 5.32 Å². The second-order valence-corrected chi connectivity index (χ2v) is 7.05. The van der Waals surface area contributed by atoms with Crippen LogP contribution >= 0.6 is 0 Å². The summed E-state index contributed by atoms with van der Waals surface area (Å²) in [5.74, 6) is 0.758. The van der Waals surface area contributed by atoms with E-state index in [0.29, 0.717) is 18.1 Å². The molecule has 0 bridgehead atoms. The maximum absolute atomic E-state index is 3.78. The molecule has 0 aromatic heterocycles. The minimum atomic E-state index is 0.487. The topological polar surface area (TPSA) is 15.3 Å². The standard InChI is InChI=1S/C19H32N2/c1-6-11-20-19-17-10-8-7-9-16(17)13-18(19)21(5)15(4)12-14(2)3/h7-10,14-15,18-20H,6,11-13H2,1-5H3. The van der Waals surface area contributed by atoms with Gasteiger partial charge in [0.1, 0.15) is 0 Å². The number of fused-ring (bicyclic) bond motifs is 1. The Morgan fingerprint density at radius 3 is 2.62 bits per heavy atom. The Bertz CT molecular complexity index is 441. The van der Waals surface area contributed by atoms with Crippen molar-refractivity contribution in [3.8, 4) is 0 Å². The predicted octanol–water partition coefficient (Wildman–Crippen LogP) is 4.02. The fraction of sp³-hybridized carbons (Fsp3) is 0.684. The van der Waals surface area contributed by atoms with Crippen molar-refractivity contribution in [1.82, 2.24) is 10.2 Å². The summed E-state index contributed by atoms with van der Waals surface area (Å²) < 4.78 is 0. The maximum Gasteiger partial charge on any atom is 0.0484 e. The Hall–Kier alpha value is -0.860. The van der Waals surface area contributed by atoms with Crippen molar-refractivity contribution in [1.29, 1.82) is 0 Å². The SMILES string of the molecule is CCCNC1c2ccccc2CC1N(C)C(C)CC(C)C. The van der Waals surface area contributed by atoms with Gasteiger partial charge in [0.15, 0.2) is 0 Å². The molecule has 1 aromatic carbocycles. The number of likely N-dealkylation sites (N-methyl/N-ethyl adjacent to an activating group) is 1. The van der Waals surface area contributed by atoms with Crippen LogP contribution in [0.25, 0.3) is 0 Å². The summed E-state index contributed by atoms with van der Waals surface area (Å²) in [6.07, 6.45) is 3.64. The van der Waals surface area contributed by atoms with Crippen molar-refractivity contribution in [3.05, 3.63) is 35.4 Å². The van der Waals surface area contributed by atoms with Crippen molar-refractivity contribution in [2.24, 2.45) is 5.92 Å². The van der Waals surface area contributed by atoms with Gasteiger partial charge in [-0.3, -0.25) is 4.90 Å². The van der Waals surface area contributed by atoms with Gasteiger partial charge in [0.2, 0.25) is 0 Å². The first-order chi connectivity index (χ1) is 10.0. The maximum atomic E-state index is 3.78. The molecule has 0 radical (unpaired) electrons. The van der Waals surface area contributed by atoms with Crippen molar-refractivity contribution >= 4 is 0 Å². The first-order valence-electron chi connectivity index (χ1n) is 8.57. The van der Waals surface area contributed by atoms with E-state index in [1.54, 1.807) is 0 Å². The molecule has 21 heavy (non-hydrogen) atoms. The molecular weight excluding hydrogens is 256 g/mol. The van der Waals surface area contributed by atoms with Crippen LogP contribution in [0.1, 0.15) is 57.7 Å². The highest BCUT2D eigenvalue weighted by Crippen LogP contribution is 2.35. The Morgan fingerprint density at radius 2 is 1.95 bits per heavy atom. The molecule has 0 saturated heterocycles. The van der Waals surface area contributed by atoms with E-state index in [0.717, 1.165) is 12.5 Å². The third-order valence-electron chi connectivity index (χ3n) is 4.85. The lowest BCUT2D eigenvalue weighted by Gasteiger charge is -2.36. The molecule has 2 nitrogen and oxygen atoms in total. The molecule has 1 aliphatic rings. The molecule has 0 spiro atoms. The van der Waals surface area contributed by atoms with Gasteiger partial charge in [-0.05, 0) is 56.8 Å². The van der Waals surface area contributed by atoms with E-state index in [1.807, 2.05) is 0 Å². The number of benzene rings is 1. The number of nitrogens with one attached hydrogen (secondary N) is 1. The van der Waals surface area contributed by atoms with E-state index in [2.05, 4.69) is 69.2 Å². The number of hydrogen-bond acceptors (Lipinski definition) is 2. The van der Waals surface area contributed by atoms with Gasteiger partial charge in [-0.2, -0.15) is 0 Å². The van der Waals surface area contributed by atoms with E-state index < -0.39 is 0 Å². The van der Waals surface area contributed by atoms with Crippen molar-refractivity contribution < 1.29 is 0 Å². The molecule has 0 fully saturated rings. The van der Waals surface area contributed by atoms with Crippen molar-refractivity contribution in [2.75, 3.05) is 13.6 Å². The molecular formula is C19H32N2. The van der Waals surface area contributed by atoms with Gasteiger partial charge in [0.05, 0.1) is 0 Å². The average molecular weight is 288 g/mol. The quantitative estimate of drug-likeness (QED) is 0.815. The van der Waals surface area contributed by atoms with Crippen LogP contribution in [-0.4, -0.2) is 30.6 Å². The molecule has 2 rings (SSSR count). The minimum absolute atomic E-state index is 0.487. The molecule has 1 aliphatic carbocycles. The van der Waals surface area contributed by atoms with Gasteiger partial charge in [0.25, 0.3) is 0 Å². The summed E-state index contributed by atoms with van der Waals surface area (Å²) in [6, 6.07) is 10.7. The third kappa shape index (κ3) is 3.87. The lowest BCUT2D eigenvalue weighted by Crippen LogP contribution is -2.45. The van der Waals surface area contributed by atoms with Gasteiger partial charge in [-0.1, -0.05) is 45.0 Å². The van der Waals surface area contributed by atoms with E-state index in [-0.39, 0.29) is 0 Å². The molecule has 0 saturated carbocycles. The number of nitrogens with zero attached hydrogens (tertiary/aromatic N) is 1. The predicted molar refractivity (Wildman–Crippen MR) is 91.6 cm³/mol. The highest BCUT2D eigenvalue weighted by atomic mass is 15.2. The lowest BCUT2D eigenvalue weighted by molar-refractivity contribution is 0.140. The summed E-state index contributed by atoms with van der Waals surface area (Å²) in [4.78, 5) is 2.60. The normalized spacial score (nSPS) is 22.8. The first kappa shape index (κ1) is 16.5. The van der Waals surface area contributed by atoms with E-state index in [9.17, 15) is 0 Å². The molecule has 0 heterocycles. The first-order valence-corrected chi connectivity index (χ1v) is 8.57. The van der Waals surface area contributed by atoms with Crippen LogP contribution in [0.5, 0.6) is 0 Å². The van der Waals surface area contributed by atoms with E-state index >= 15 is 0 Å². The van der Waals surface area contributed by atoms with Crippen LogP contribution in [0.4, 0.5) is 0 Å². The second-order valence-electron chi connectivity index (χ2n) is 7.05. The van der Waals surface area contributed by atoms with Crippen molar-refractivity contribution in [3.63, 3.8) is 0 Å². The lowest BCUT2D eigenvalue weighted by atomic mass is 10.00. The smallest absolute Gasteiger partial charge is 0.0484 e. The Kier molecular flexibility index (Phi) is 5.83. The molecule has 2 heteroatoms. The van der Waals surface area contributed by atoms with Crippen LogP contribution in [0.15, 0.2) is 24.3 Å². The highest BCUT2D eigenvalue weighted by molar-refractivity contribution is 5.37. The minimum Gasteiger partial charge on any atom is -0.309 e. The summed E-state index contributed by atoms with van der Waals surface area (Å²) in [5.41, 5.74) is 3.04. The molecule has 0 aliphatic heterocycles. The van der Waals surface area contributed by atoms with Gasteiger partial charge >= 0.3 is 0 Å². The molecule has 3 unspecified atom stereocenters. The summed E-state index contributed by atoms with van der Waals surface area (Å²) in [5, 5.41) is 3.78. The molecule has 1 aromatic rings. The zero-order valence-electron chi connectivity index (χ0n) is 14.4. The van der Waals surface area contributed by atoms with Gasteiger partial charge in [-0.25, -0.2) is 0 Å². The molecule has 0 amide bonds. The van der Waals surface area contributed by atoms with Crippen LogP contribution in [0.2, 0.25) is 0 Å². The molecule has 118 valence electrons. The average Bonchev–Trinajstić information content (AvgIpc) is 2.82. The Morgan fingerprint density at radius 1 is 1.24 bits per heavy atom. The van der Waals surface area contributed by atoms with Crippen LogP contribution in [0.3, 0.4) is 0 Å². The fourth-order valence-corrected chi connectivity index (χ4v) is 3.67. The molecule has 3 atom stereocenters. The van der Waals surface area contributed by atoms with Crippen molar-refractivity contribution in [2.45, 2.75) is 65.1 Å². The zero-order valence-corrected chi connectivity index (χ0v) is 14.4. The Balaban J connectivity index is 2.14. The number of rotatable bonds is 7. The summed E-state index contributed by atoms with van der Waals surface area (Å²) in [7, 11) is 2.31. The van der Waals surface area contributed by atoms with Crippen LogP contribution in [-0.2, 0) is 6.42 Å². The second kappa shape index (κ2) is 7.42. The third-order valence-corrected chi connectivity index (χ3v) is 4.85. The number of hydrogen-bond donors (Lipinski definition) is 1. The fourth-order valence-electron chi connectivity index (χ4n) is 3.67. The zero-order chi connectivity index (χ0) is 15.4. The van der Waals surface area contributed by atoms with Gasteiger partial charge in [-0.15, -0.1) is 0 Å². The monoisotopic (exact) mass is 288 g/mol. The summed E-state index contributed by atoms with van der Waals surface area (Å²) in [6.45, 7) is 10.4. The molecule has 1 N–H and O–H groups in total. The highest BCUT2D eigenvalue weighted by Gasteiger charge is 2.35. The van der Waals surface area contributed by atoms with E-state index in [1.165, 1.54) is 30.4 Å². The van der Waals surface area contributed by atoms with Gasteiger partial charge < -0.3 is 5.32 Å². The van der Waals surface area contributed by atoms with Crippen LogP contribution in [0, 0.1) is 5.92 Å². The van der Waals surface area contributed by atoms with E-state index in [4.69, 9.17) is 0 Å². The largest absolute Gasteiger partial charge is 0.309 e.